The van der Waals surface area contributed by atoms with Crippen molar-refractivity contribution in [3.8, 4) is 0 Å². The van der Waals surface area contributed by atoms with E-state index >= 15 is 0 Å². The van der Waals surface area contributed by atoms with Crippen LogP contribution in [0.2, 0.25) is 0 Å². The molecule has 0 aromatic heterocycles. The Morgan fingerprint density at radius 1 is 1.38 bits per heavy atom. The van der Waals surface area contributed by atoms with Gasteiger partial charge in [-0.2, -0.15) is 0 Å². The zero-order chi connectivity index (χ0) is 12.0. The van der Waals surface area contributed by atoms with Crippen LogP contribution in [0.5, 0.6) is 0 Å². The van der Waals surface area contributed by atoms with Crippen molar-refractivity contribution in [2.75, 3.05) is 12.4 Å². The molecule has 0 fully saturated rings. The van der Waals surface area contributed by atoms with Crippen molar-refractivity contribution >= 4 is 21.9 Å². The Morgan fingerprint density at radius 3 is 2.69 bits per heavy atom. The zero-order valence-corrected chi connectivity index (χ0v) is 11.3. The van der Waals surface area contributed by atoms with Crippen LogP contribution in [-0.2, 0) is 22.4 Å². The van der Waals surface area contributed by atoms with Crippen molar-refractivity contribution in [1.29, 1.82) is 0 Å². The maximum absolute atomic E-state index is 11.2. The van der Waals surface area contributed by atoms with Gasteiger partial charge in [-0.1, -0.05) is 34.1 Å². The van der Waals surface area contributed by atoms with Gasteiger partial charge in [-0.05, 0) is 36.5 Å². The molecule has 0 N–H and O–H groups in total. The largest absolute Gasteiger partial charge is 0.469 e. The molecule has 88 valence electrons. The van der Waals surface area contributed by atoms with Gasteiger partial charge >= 0.3 is 5.97 Å². The second-order valence-corrected chi connectivity index (χ2v) is 4.54. The van der Waals surface area contributed by atoms with Crippen molar-refractivity contribution in [2.45, 2.75) is 26.2 Å². The van der Waals surface area contributed by atoms with Crippen molar-refractivity contribution in [3.05, 3.63) is 34.9 Å². The first-order valence-corrected chi connectivity index (χ1v) is 6.51. The number of methoxy groups -OCH3 is 1. The lowest BCUT2D eigenvalue weighted by Gasteiger charge is -2.10. The molecule has 0 bridgehead atoms. The summed E-state index contributed by atoms with van der Waals surface area (Å²) in [5.41, 5.74) is 3.61. The summed E-state index contributed by atoms with van der Waals surface area (Å²) in [6.07, 6.45) is 2.53. The smallest absolute Gasteiger partial charge is 0.309 e. The van der Waals surface area contributed by atoms with Gasteiger partial charge in [0.1, 0.15) is 0 Å². The lowest BCUT2D eigenvalue weighted by Crippen LogP contribution is -2.07. The first kappa shape index (κ1) is 13.2. The number of esters is 1. The van der Waals surface area contributed by atoms with E-state index in [9.17, 15) is 4.79 Å². The van der Waals surface area contributed by atoms with E-state index in [1.54, 1.807) is 0 Å². The Labute approximate surface area is 105 Å². The quantitative estimate of drug-likeness (QED) is 0.614. The molecule has 0 saturated carbocycles. The standard InChI is InChI=1S/C13H17BrO2/c1-10-11(7-4-8-14)5-3-6-12(10)9-13(15)16-2/h3,5-6H,4,7-9H2,1-2H3. The Balaban J connectivity index is 2.81. The summed E-state index contributed by atoms with van der Waals surface area (Å²) in [4.78, 5) is 11.2. The molecule has 0 heterocycles. The third-order valence-corrected chi connectivity index (χ3v) is 3.26. The van der Waals surface area contributed by atoms with Crippen molar-refractivity contribution in [3.63, 3.8) is 0 Å². The van der Waals surface area contributed by atoms with E-state index in [0.29, 0.717) is 6.42 Å². The number of ether oxygens (including phenoxy) is 1. The molecule has 0 aliphatic rings. The number of carbonyl (C=O) groups is 1. The molecule has 0 radical (unpaired) electrons. The highest BCUT2D eigenvalue weighted by Gasteiger charge is 2.08. The maximum Gasteiger partial charge on any atom is 0.309 e. The molecule has 1 rings (SSSR count). The Hall–Kier alpha value is -0.830. The summed E-state index contributed by atoms with van der Waals surface area (Å²) in [6.45, 7) is 2.07. The van der Waals surface area contributed by atoms with E-state index < -0.39 is 0 Å². The highest BCUT2D eigenvalue weighted by Crippen LogP contribution is 2.16. The lowest BCUT2D eigenvalue weighted by atomic mass is 9.97. The molecule has 1 aromatic carbocycles. The molecular formula is C13H17BrO2. The maximum atomic E-state index is 11.2. The van der Waals surface area contributed by atoms with Crippen LogP contribution in [0.4, 0.5) is 0 Å². The predicted octanol–water partition coefficient (Wildman–Crippen LogP) is 3.04. The number of benzene rings is 1. The van der Waals surface area contributed by atoms with Crippen LogP contribution in [0.3, 0.4) is 0 Å². The van der Waals surface area contributed by atoms with Gasteiger partial charge < -0.3 is 4.74 Å². The van der Waals surface area contributed by atoms with E-state index in [4.69, 9.17) is 0 Å². The fourth-order valence-corrected chi connectivity index (χ4v) is 1.96. The highest BCUT2D eigenvalue weighted by atomic mass is 79.9. The number of rotatable bonds is 5. The van der Waals surface area contributed by atoms with Crippen LogP contribution >= 0.6 is 15.9 Å². The number of alkyl halides is 1. The fourth-order valence-electron chi connectivity index (χ4n) is 1.68. The molecule has 0 spiro atoms. The lowest BCUT2D eigenvalue weighted by molar-refractivity contribution is -0.139. The van der Waals surface area contributed by atoms with E-state index in [-0.39, 0.29) is 5.97 Å². The van der Waals surface area contributed by atoms with Crippen molar-refractivity contribution in [2.24, 2.45) is 0 Å². The number of hydrogen-bond donors (Lipinski definition) is 0. The average Bonchev–Trinajstić information content (AvgIpc) is 2.30. The molecule has 0 atom stereocenters. The number of aryl methyl sites for hydroxylation is 1. The van der Waals surface area contributed by atoms with Crippen molar-refractivity contribution < 1.29 is 9.53 Å². The van der Waals surface area contributed by atoms with Gasteiger partial charge in [-0.3, -0.25) is 4.79 Å². The molecule has 3 heteroatoms. The SMILES string of the molecule is COC(=O)Cc1cccc(CCCBr)c1C. The molecule has 1 aromatic rings. The normalized spacial score (nSPS) is 10.2. The molecular weight excluding hydrogens is 268 g/mol. The van der Waals surface area contributed by atoms with Crippen LogP contribution in [0.1, 0.15) is 23.1 Å². The minimum Gasteiger partial charge on any atom is -0.469 e. The first-order valence-electron chi connectivity index (χ1n) is 5.39. The number of halogens is 1. The summed E-state index contributed by atoms with van der Waals surface area (Å²) >= 11 is 3.43. The van der Waals surface area contributed by atoms with Gasteiger partial charge in [-0.15, -0.1) is 0 Å². The summed E-state index contributed by atoms with van der Waals surface area (Å²) in [7, 11) is 1.42. The van der Waals surface area contributed by atoms with Gasteiger partial charge in [0.15, 0.2) is 0 Å². The van der Waals surface area contributed by atoms with Gasteiger partial charge in [0.25, 0.3) is 0 Å². The molecule has 0 aliphatic heterocycles. The van der Waals surface area contributed by atoms with Crippen LogP contribution < -0.4 is 0 Å². The molecule has 0 aliphatic carbocycles. The van der Waals surface area contributed by atoms with E-state index in [1.807, 2.05) is 12.1 Å². The fraction of sp³-hybridized carbons (Fsp3) is 0.462. The van der Waals surface area contributed by atoms with Crippen molar-refractivity contribution in [1.82, 2.24) is 0 Å². The highest BCUT2D eigenvalue weighted by molar-refractivity contribution is 9.09. The minimum atomic E-state index is -0.180. The van der Waals surface area contributed by atoms with Gasteiger partial charge in [0, 0.05) is 5.33 Å². The third-order valence-electron chi connectivity index (χ3n) is 2.70. The van der Waals surface area contributed by atoms with Gasteiger partial charge in [0.2, 0.25) is 0 Å². The molecule has 2 nitrogen and oxygen atoms in total. The number of hydrogen-bond acceptors (Lipinski definition) is 2. The van der Waals surface area contributed by atoms with Gasteiger partial charge in [0.05, 0.1) is 13.5 Å². The molecule has 16 heavy (non-hydrogen) atoms. The summed E-state index contributed by atoms with van der Waals surface area (Å²) < 4.78 is 4.68. The molecule has 0 saturated heterocycles. The number of carbonyl (C=O) groups excluding carboxylic acids is 1. The van der Waals surface area contributed by atoms with Crippen LogP contribution in [-0.4, -0.2) is 18.4 Å². The van der Waals surface area contributed by atoms with Crippen LogP contribution in [0, 0.1) is 6.92 Å². The van der Waals surface area contributed by atoms with E-state index in [0.717, 1.165) is 23.7 Å². The summed E-state index contributed by atoms with van der Waals surface area (Å²) in [6, 6.07) is 6.12. The Morgan fingerprint density at radius 2 is 2.06 bits per heavy atom. The minimum absolute atomic E-state index is 0.180. The van der Waals surface area contributed by atoms with E-state index in [2.05, 4.69) is 33.7 Å². The Kier molecular flexibility index (Phi) is 5.53. The molecule has 0 amide bonds. The van der Waals surface area contributed by atoms with E-state index in [1.165, 1.54) is 18.2 Å². The average molecular weight is 285 g/mol. The van der Waals surface area contributed by atoms with Gasteiger partial charge in [-0.25, -0.2) is 0 Å². The molecule has 0 unspecified atom stereocenters. The van der Waals surface area contributed by atoms with Crippen LogP contribution in [0.25, 0.3) is 0 Å². The zero-order valence-electron chi connectivity index (χ0n) is 9.75. The first-order chi connectivity index (χ1) is 7.69. The second-order valence-electron chi connectivity index (χ2n) is 3.75. The topological polar surface area (TPSA) is 26.3 Å². The second kappa shape index (κ2) is 6.69. The third kappa shape index (κ3) is 3.63. The monoisotopic (exact) mass is 284 g/mol. The summed E-state index contributed by atoms with van der Waals surface area (Å²) in [5.74, 6) is -0.180. The van der Waals surface area contributed by atoms with Crippen LogP contribution in [0.15, 0.2) is 18.2 Å². The summed E-state index contributed by atoms with van der Waals surface area (Å²) in [5, 5.41) is 1.01. The predicted molar refractivity (Wildman–Crippen MR) is 69.0 cm³/mol. The Bertz CT molecular complexity index is 361.